The van der Waals surface area contributed by atoms with Crippen LogP contribution in [0.1, 0.15) is 42.5 Å². The molecule has 1 fully saturated rings. The van der Waals surface area contributed by atoms with Gasteiger partial charge in [0, 0.05) is 38.5 Å². The van der Waals surface area contributed by atoms with E-state index in [1.807, 2.05) is 7.05 Å². The lowest BCUT2D eigenvalue weighted by Crippen LogP contribution is -2.48. The van der Waals surface area contributed by atoms with E-state index in [1.165, 1.54) is 22.7 Å². The first kappa shape index (κ1) is 22.1. The first-order chi connectivity index (χ1) is 12.7. The molecule has 1 aromatic heterocycles. The number of thiazole rings is 1. The summed E-state index contributed by atoms with van der Waals surface area (Å²) in [5.74, 6) is 2.29. The Morgan fingerprint density at radius 2 is 2.11 bits per heavy atom. The highest BCUT2D eigenvalue weighted by Gasteiger charge is 2.28. The molecule has 1 aliphatic rings. The molecule has 0 bridgehead atoms. The fourth-order valence-corrected chi connectivity index (χ4v) is 4.57. The van der Waals surface area contributed by atoms with Crippen LogP contribution in [0.5, 0.6) is 0 Å². The summed E-state index contributed by atoms with van der Waals surface area (Å²) in [5.41, 5.74) is 2.66. The molecule has 1 aliphatic heterocycles. The molecule has 1 aromatic carbocycles. The molecule has 148 valence electrons. The number of piperidine rings is 1. The molecule has 2 aromatic rings. The number of halogens is 1. The normalized spacial score (nSPS) is 20.3. The minimum Gasteiger partial charge on any atom is -0.356 e. The van der Waals surface area contributed by atoms with Gasteiger partial charge >= 0.3 is 0 Å². The standard InChI is InChI=1S/C21H30N4S.HI/c1-4-20-24-18(15-26-20)10-12-23-21(22-3)25-13-11-19(16(2)14-25)17-8-6-5-7-9-17;/h5-9,15-16,19H,4,10-14H2,1-3H3,(H,22,23);1H. The van der Waals surface area contributed by atoms with Crippen LogP contribution in [0.15, 0.2) is 40.7 Å². The second kappa shape index (κ2) is 11.0. The molecule has 0 radical (unpaired) electrons. The first-order valence-electron chi connectivity index (χ1n) is 9.65. The van der Waals surface area contributed by atoms with Gasteiger partial charge in [-0.25, -0.2) is 4.98 Å². The molecule has 2 unspecified atom stereocenters. The van der Waals surface area contributed by atoms with Crippen molar-refractivity contribution in [3.63, 3.8) is 0 Å². The number of rotatable bonds is 5. The van der Waals surface area contributed by atoms with Gasteiger partial charge in [0.2, 0.25) is 0 Å². The zero-order valence-corrected chi connectivity index (χ0v) is 19.7. The molecular formula is C21H31IN4S. The summed E-state index contributed by atoms with van der Waals surface area (Å²) in [6.45, 7) is 7.50. The second-order valence-corrected chi connectivity index (χ2v) is 7.98. The van der Waals surface area contributed by atoms with Gasteiger partial charge in [-0.1, -0.05) is 44.2 Å². The Labute approximate surface area is 184 Å². The maximum absolute atomic E-state index is 4.64. The van der Waals surface area contributed by atoms with Crippen LogP contribution in [-0.2, 0) is 12.8 Å². The van der Waals surface area contributed by atoms with Gasteiger partial charge < -0.3 is 10.2 Å². The number of hydrogen-bond donors (Lipinski definition) is 1. The van der Waals surface area contributed by atoms with Crippen LogP contribution in [0.3, 0.4) is 0 Å². The minimum atomic E-state index is 0. The molecule has 3 rings (SSSR count). The quantitative estimate of drug-likeness (QED) is 0.373. The van der Waals surface area contributed by atoms with Crippen LogP contribution in [-0.4, -0.2) is 42.5 Å². The van der Waals surface area contributed by atoms with E-state index in [0.717, 1.165) is 38.4 Å². The topological polar surface area (TPSA) is 40.5 Å². The Bertz CT molecular complexity index is 716. The van der Waals surface area contributed by atoms with Gasteiger partial charge in [-0.05, 0) is 30.2 Å². The molecule has 0 saturated carbocycles. The third-order valence-electron chi connectivity index (χ3n) is 5.21. The third kappa shape index (κ3) is 5.91. The Hall–Kier alpha value is -1.15. The summed E-state index contributed by atoms with van der Waals surface area (Å²) in [6.07, 6.45) is 3.15. The van der Waals surface area contributed by atoms with Crippen molar-refractivity contribution < 1.29 is 0 Å². The zero-order chi connectivity index (χ0) is 18.4. The van der Waals surface area contributed by atoms with Gasteiger partial charge in [0.25, 0.3) is 0 Å². The molecule has 6 heteroatoms. The minimum absolute atomic E-state index is 0. The number of aliphatic imine (C=N–C) groups is 1. The maximum Gasteiger partial charge on any atom is 0.193 e. The number of benzene rings is 1. The van der Waals surface area contributed by atoms with Crippen LogP contribution < -0.4 is 5.32 Å². The molecule has 27 heavy (non-hydrogen) atoms. The van der Waals surface area contributed by atoms with E-state index >= 15 is 0 Å². The molecule has 2 atom stereocenters. The Morgan fingerprint density at radius 3 is 2.74 bits per heavy atom. The zero-order valence-electron chi connectivity index (χ0n) is 16.5. The number of nitrogens with one attached hydrogen (secondary N) is 1. The van der Waals surface area contributed by atoms with Crippen molar-refractivity contribution in [3.05, 3.63) is 52.0 Å². The van der Waals surface area contributed by atoms with Crippen molar-refractivity contribution in [1.82, 2.24) is 15.2 Å². The summed E-state index contributed by atoms with van der Waals surface area (Å²) in [5, 5.41) is 6.93. The summed E-state index contributed by atoms with van der Waals surface area (Å²) in [7, 11) is 1.88. The molecule has 4 nitrogen and oxygen atoms in total. The highest BCUT2D eigenvalue weighted by Crippen LogP contribution is 2.32. The second-order valence-electron chi connectivity index (χ2n) is 7.04. The Balaban J connectivity index is 0.00000261. The van der Waals surface area contributed by atoms with E-state index in [2.05, 4.69) is 69.8 Å². The van der Waals surface area contributed by atoms with Gasteiger partial charge in [0.05, 0.1) is 10.7 Å². The van der Waals surface area contributed by atoms with Gasteiger partial charge in [-0.2, -0.15) is 0 Å². The average Bonchev–Trinajstić information content (AvgIpc) is 3.14. The molecule has 0 aliphatic carbocycles. The highest BCUT2D eigenvalue weighted by atomic mass is 127. The van der Waals surface area contributed by atoms with Crippen LogP contribution in [0.2, 0.25) is 0 Å². The van der Waals surface area contributed by atoms with Crippen molar-refractivity contribution in [2.24, 2.45) is 10.9 Å². The van der Waals surface area contributed by atoms with Crippen molar-refractivity contribution in [1.29, 1.82) is 0 Å². The smallest absolute Gasteiger partial charge is 0.193 e. The van der Waals surface area contributed by atoms with Crippen LogP contribution in [0.25, 0.3) is 0 Å². The van der Waals surface area contributed by atoms with Gasteiger partial charge in [0.1, 0.15) is 0 Å². The molecular weight excluding hydrogens is 467 g/mol. The largest absolute Gasteiger partial charge is 0.356 e. The number of likely N-dealkylation sites (tertiary alicyclic amines) is 1. The molecule has 0 spiro atoms. The van der Waals surface area contributed by atoms with Crippen molar-refractivity contribution in [2.75, 3.05) is 26.7 Å². The summed E-state index contributed by atoms with van der Waals surface area (Å²) < 4.78 is 0. The molecule has 1 N–H and O–H groups in total. The predicted molar refractivity (Wildman–Crippen MR) is 127 cm³/mol. The number of hydrogen-bond acceptors (Lipinski definition) is 3. The van der Waals surface area contributed by atoms with Crippen LogP contribution >= 0.6 is 35.3 Å². The fourth-order valence-electron chi connectivity index (χ4n) is 3.79. The van der Waals surface area contributed by atoms with Crippen molar-refractivity contribution in [3.8, 4) is 0 Å². The predicted octanol–water partition coefficient (Wildman–Crippen LogP) is 4.57. The molecule has 2 heterocycles. The van der Waals surface area contributed by atoms with E-state index in [-0.39, 0.29) is 24.0 Å². The van der Waals surface area contributed by atoms with Gasteiger partial charge in [0.15, 0.2) is 5.96 Å². The number of nitrogens with zero attached hydrogens (tertiary/aromatic N) is 3. The van der Waals surface area contributed by atoms with E-state index in [9.17, 15) is 0 Å². The summed E-state index contributed by atoms with van der Waals surface area (Å²) in [6, 6.07) is 10.9. The fraction of sp³-hybridized carbons (Fsp3) is 0.524. The average molecular weight is 498 g/mol. The summed E-state index contributed by atoms with van der Waals surface area (Å²) in [4.78, 5) is 11.6. The van der Waals surface area contributed by atoms with Crippen LogP contribution in [0, 0.1) is 5.92 Å². The lowest BCUT2D eigenvalue weighted by Gasteiger charge is -2.39. The SMILES string of the molecule is CCc1nc(CCNC(=NC)N2CCC(c3ccccc3)C(C)C2)cs1.I. The number of aryl methyl sites for hydroxylation is 1. The lowest BCUT2D eigenvalue weighted by atomic mass is 9.82. The van der Waals surface area contributed by atoms with Gasteiger partial charge in [-0.3, -0.25) is 4.99 Å². The van der Waals surface area contributed by atoms with E-state index in [4.69, 9.17) is 0 Å². The van der Waals surface area contributed by atoms with E-state index < -0.39 is 0 Å². The molecule has 1 saturated heterocycles. The van der Waals surface area contributed by atoms with E-state index in [1.54, 1.807) is 11.3 Å². The third-order valence-corrected chi connectivity index (χ3v) is 6.25. The van der Waals surface area contributed by atoms with Crippen LogP contribution in [0.4, 0.5) is 0 Å². The van der Waals surface area contributed by atoms with Crippen molar-refractivity contribution in [2.45, 2.75) is 39.0 Å². The number of aromatic nitrogens is 1. The Morgan fingerprint density at radius 1 is 1.33 bits per heavy atom. The lowest BCUT2D eigenvalue weighted by molar-refractivity contribution is 0.234. The maximum atomic E-state index is 4.64. The highest BCUT2D eigenvalue weighted by molar-refractivity contribution is 14.0. The van der Waals surface area contributed by atoms with Crippen molar-refractivity contribution >= 4 is 41.3 Å². The number of guanidine groups is 1. The Kier molecular flexibility index (Phi) is 9.02. The van der Waals surface area contributed by atoms with E-state index in [0.29, 0.717) is 11.8 Å². The molecule has 0 amide bonds. The monoisotopic (exact) mass is 498 g/mol. The first-order valence-corrected chi connectivity index (χ1v) is 10.5. The summed E-state index contributed by atoms with van der Waals surface area (Å²) >= 11 is 1.76. The van der Waals surface area contributed by atoms with Gasteiger partial charge in [-0.15, -0.1) is 35.3 Å².